The molecule has 1 aromatic heterocycles. The Labute approximate surface area is 172 Å². The molecule has 0 radical (unpaired) electrons. The second kappa shape index (κ2) is 7.70. The Kier molecular flexibility index (Phi) is 4.93. The van der Waals surface area contributed by atoms with Gasteiger partial charge in [0.15, 0.2) is 11.5 Å². The van der Waals surface area contributed by atoms with E-state index in [0.29, 0.717) is 16.8 Å². The van der Waals surface area contributed by atoms with Crippen LogP contribution in [0.1, 0.15) is 27.8 Å². The van der Waals surface area contributed by atoms with Crippen molar-refractivity contribution in [1.29, 1.82) is 0 Å². The highest BCUT2D eigenvalue weighted by Gasteiger charge is 2.27. The van der Waals surface area contributed by atoms with Crippen LogP contribution in [-0.2, 0) is 4.74 Å². The van der Waals surface area contributed by atoms with Crippen molar-refractivity contribution in [3.05, 3.63) is 71.5 Å². The first-order chi connectivity index (χ1) is 14.4. The number of amides is 1. The van der Waals surface area contributed by atoms with Gasteiger partial charge in [-0.25, -0.2) is 9.97 Å². The number of nitrogens with two attached hydrogens (primary N) is 1. The highest BCUT2D eigenvalue weighted by molar-refractivity contribution is 5.97. The highest BCUT2D eigenvalue weighted by atomic mass is 16.5. The number of phenols is 1. The minimum Gasteiger partial charge on any atom is -0.507 e. The number of rotatable bonds is 4. The van der Waals surface area contributed by atoms with Crippen LogP contribution in [0.5, 0.6) is 5.75 Å². The van der Waals surface area contributed by atoms with E-state index >= 15 is 0 Å². The third kappa shape index (κ3) is 3.60. The number of benzene rings is 2. The van der Waals surface area contributed by atoms with Gasteiger partial charge in [-0.1, -0.05) is 24.3 Å². The number of hydrogen-bond donors (Lipinski definition) is 3. The van der Waals surface area contributed by atoms with Gasteiger partial charge in [0.1, 0.15) is 5.75 Å². The molecule has 152 valence electrons. The molecule has 30 heavy (non-hydrogen) atoms. The van der Waals surface area contributed by atoms with Crippen molar-refractivity contribution >= 4 is 17.6 Å². The van der Waals surface area contributed by atoms with Gasteiger partial charge < -0.3 is 20.5 Å². The molecule has 1 unspecified atom stereocenters. The number of carbonyl (C=O) groups excluding carboxylic acids is 1. The van der Waals surface area contributed by atoms with Crippen molar-refractivity contribution < 1.29 is 14.6 Å². The van der Waals surface area contributed by atoms with Crippen molar-refractivity contribution in [3.8, 4) is 17.0 Å². The first kappa shape index (κ1) is 19.2. The zero-order valence-electron chi connectivity index (χ0n) is 16.4. The fourth-order valence-corrected chi connectivity index (χ4v) is 2.97. The van der Waals surface area contributed by atoms with Crippen LogP contribution in [0.4, 0.5) is 5.82 Å². The Balaban J connectivity index is 1.59. The lowest BCUT2D eigenvalue weighted by Crippen LogP contribution is -2.21. The molecule has 0 spiro atoms. The molecule has 0 bridgehead atoms. The van der Waals surface area contributed by atoms with E-state index < -0.39 is 6.23 Å². The number of nitrogens with one attached hydrogen (secondary N) is 1. The van der Waals surface area contributed by atoms with E-state index in [-0.39, 0.29) is 29.1 Å². The lowest BCUT2D eigenvalue weighted by Gasteiger charge is -2.13. The van der Waals surface area contributed by atoms with Gasteiger partial charge in [-0.3, -0.25) is 10.2 Å². The summed E-state index contributed by atoms with van der Waals surface area (Å²) in [5.41, 5.74) is 11.5. The van der Waals surface area contributed by atoms with Crippen molar-refractivity contribution in [2.45, 2.75) is 6.23 Å². The second-order valence-corrected chi connectivity index (χ2v) is 6.87. The molecule has 0 fully saturated rings. The number of hydrazone groups is 1. The number of aromatic nitrogens is 2. The number of para-hydroxylation sites is 1. The lowest BCUT2D eigenvalue weighted by molar-refractivity contribution is 0.0827. The number of aromatic hydroxyl groups is 1. The predicted octanol–water partition coefficient (Wildman–Crippen LogP) is 2.11. The highest BCUT2D eigenvalue weighted by Crippen LogP contribution is 2.29. The third-order valence-corrected chi connectivity index (χ3v) is 4.57. The number of anilines is 1. The zero-order chi connectivity index (χ0) is 21.3. The molecule has 4 rings (SSSR count). The molecule has 4 N–H and O–H groups in total. The van der Waals surface area contributed by atoms with E-state index in [1.165, 1.54) is 4.90 Å². The van der Waals surface area contributed by atoms with Crippen LogP contribution >= 0.6 is 0 Å². The average Bonchev–Trinajstić information content (AvgIpc) is 3.23. The second-order valence-electron chi connectivity index (χ2n) is 6.87. The van der Waals surface area contributed by atoms with Gasteiger partial charge in [0.25, 0.3) is 11.8 Å². The molecule has 1 aliphatic rings. The van der Waals surface area contributed by atoms with Crippen molar-refractivity contribution in [2.75, 3.05) is 19.8 Å². The van der Waals surface area contributed by atoms with Crippen LogP contribution in [0.15, 0.2) is 59.8 Å². The third-order valence-electron chi connectivity index (χ3n) is 4.57. The summed E-state index contributed by atoms with van der Waals surface area (Å²) in [6.07, 6.45) is 0.882. The topological polar surface area (TPSA) is 126 Å². The molecular formula is C21H20N6O3. The summed E-state index contributed by atoms with van der Waals surface area (Å²) in [4.78, 5) is 22.3. The van der Waals surface area contributed by atoms with Crippen molar-refractivity contribution in [1.82, 2.24) is 20.3 Å². The molecule has 1 amide bonds. The summed E-state index contributed by atoms with van der Waals surface area (Å²) in [5, 5.41) is 14.2. The number of hydrogen-bond acceptors (Lipinski definition) is 8. The molecular weight excluding hydrogens is 384 g/mol. The van der Waals surface area contributed by atoms with E-state index in [1.807, 2.05) is 0 Å². The summed E-state index contributed by atoms with van der Waals surface area (Å²) in [5.74, 6) is 0.346. The molecule has 1 aliphatic heterocycles. The zero-order valence-corrected chi connectivity index (χ0v) is 16.4. The van der Waals surface area contributed by atoms with Gasteiger partial charge in [-0.05, 0) is 24.3 Å². The fraction of sp³-hybridized carbons (Fsp3) is 0.143. The van der Waals surface area contributed by atoms with Gasteiger partial charge >= 0.3 is 0 Å². The van der Waals surface area contributed by atoms with Gasteiger partial charge in [0, 0.05) is 25.2 Å². The largest absolute Gasteiger partial charge is 0.507 e. The maximum atomic E-state index is 12.1. The molecule has 0 saturated heterocycles. The van der Waals surface area contributed by atoms with E-state index in [0.717, 1.165) is 5.56 Å². The maximum Gasteiger partial charge on any atom is 0.263 e. The van der Waals surface area contributed by atoms with Crippen LogP contribution in [0.2, 0.25) is 0 Å². The first-order valence-corrected chi connectivity index (χ1v) is 9.17. The van der Waals surface area contributed by atoms with E-state index in [2.05, 4.69) is 20.5 Å². The fourth-order valence-electron chi connectivity index (χ4n) is 2.97. The van der Waals surface area contributed by atoms with Gasteiger partial charge in [-0.2, -0.15) is 0 Å². The summed E-state index contributed by atoms with van der Waals surface area (Å²) in [6.45, 7) is 0. The molecule has 2 heterocycles. The quantitative estimate of drug-likeness (QED) is 0.608. The number of carbonyl (C=O) groups is 1. The Morgan fingerprint density at radius 3 is 2.60 bits per heavy atom. The summed E-state index contributed by atoms with van der Waals surface area (Å²) >= 11 is 0. The van der Waals surface area contributed by atoms with E-state index in [9.17, 15) is 9.90 Å². The van der Waals surface area contributed by atoms with Crippen LogP contribution in [0, 0.1) is 0 Å². The van der Waals surface area contributed by atoms with Crippen LogP contribution in [0.25, 0.3) is 11.3 Å². The summed E-state index contributed by atoms with van der Waals surface area (Å²) in [6, 6.07) is 13.9. The smallest absolute Gasteiger partial charge is 0.263 e. The molecule has 3 aromatic rings. The number of nitrogens with zero attached hydrogens (tertiary/aromatic N) is 4. The van der Waals surface area contributed by atoms with Gasteiger partial charge in [-0.15, -0.1) is 5.10 Å². The molecule has 9 heteroatoms. The van der Waals surface area contributed by atoms with Crippen LogP contribution in [-0.4, -0.2) is 45.9 Å². The van der Waals surface area contributed by atoms with Crippen LogP contribution < -0.4 is 11.2 Å². The van der Waals surface area contributed by atoms with E-state index in [1.54, 1.807) is 68.8 Å². The van der Waals surface area contributed by atoms with E-state index in [4.69, 9.17) is 10.5 Å². The Morgan fingerprint density at radius 2 is 1.90 bits per heavy atom. The molecule has 2 aromatic carbocycles. The molecule has 9 nitrogen and oxygen atoms in total. The summed E-state index contributed by atoms with van der Waals surface area (Å²) in [7, 11) is 3.40. The molecule has 1 atom stereocenters. The van der Waals surface area contributed by atoms with Crippen LogP contribution in [0.3, 0.4) is 0 Å². The van der Waals surface area contributed by atoms with Crippen molar-refractivity contribution in [3.63, 3.8) is 0 Å². The minimum atomic E-state index is -0.664. The monoisotopic (exact) mass is 404 g/mol. The Bertz CT molecular complexity index is 1130. The average molecular weight is 404 g/mol. The SMILES string of the molecule is CN(C)C(=O)c1ccc(-c2cnc(N)c(C3=NNC(c4ccccc4O)O3)n2)cc1. The number of phenolic OH excluding ortho intramolecular Hbond substituents is 1. The normalized spacial score (nSPS) is 15.1. The molecule has 0 saturated carbocycles. The maximum absolute atomic E-state index is 12.1. The Morgan fingerprint density at radius 1 is 1.17 bits per heavy atom. The minimum absolute atomic E-state index is 0.0828. The standard InChI is InChI=1S/C21H20N6O3/c1-27(2)21(29)13-9-7-12(8-10-13)15-11-23-18(22)17(24-15)20-26-25-19(30-20)14-5-3-4-6-16(14)28/h3-11,19,25,28H,1-2H3,(H2,22,23). The number of nitrogen functional groups attached to an aromatic ring is 1. The molecule has 0 aliphatic carbocycles. The lowest BCUT2D eigenvalue weighted by atomic mass is 10.1. The Hall–Kier alpha value is -4.14. The van der Waals surface area contributed by atoms with Gasteiger partial charge in [0.05, 0.1) is 17.5 Å². The summed E-state index contributed by atoms with van der Waals surface area (Å²) < 4.78 is 5.81. The van der Waals surface area contributed by atoms with Crippen molar-refractivity contribution in [2.24, 2.45) is 5.10 Å². The first-order valence-electron chi connectivity index (χ1n) is 9.17. The van der Waals surface area contributed by atoms with Gasteiger partial charge in [0.2, 0.25) is 6.23 Å². The number of ether oxygens (including phenoxy) is 1. The predicted molar refractivity (Wildman–Crippen MR) is 112 cm³/mol.